The Labute approximate surface area is 326 Å². The van der Waals surface area contributed by atoms with Crippen molar-refractivity contribution in [1.29, 1.82) is 0 Å². The minimum atomic E-state index is -4.03. The van der Waals surface area contributed by atoms with Crippen LogP contribution in [0.1, 0.15) is 154 Å². The highest BCUT2D eigenvalue weighted by Gasteiger charge is 2.65. The molecule has 7 rings (SSSR count). The summed E-state index contributed by atoms with van der Waals surface area (Å²) in [6, 6.07) is 0. The first-order chi connectivity index (χ1) is 25.2. The highest BCUT2D eigenvalue weighted by atomic mass is 28.5. The van der Waals surface area contributed by atoms with E-state index in [-0.39, 0.29) is 16.6 Å². The summed E-state index contributed by atoms with van der Waals surface area (Å²) < 4.78 is 56.9. The zero-order valence-electron chi connectivity index (χ0n) is 31.9. The first-order valence-corrected chi connectivity index (χ1v) is 34.5. The number of hydrogen-bond donors (Lipinski definition) is 2. The summed E-state index contributed by atoms with van der Waals surface area (Å²) in [5.41, 5.74) is 3.28. The Morgan fingerprint density at radius 2 is 1.13 bits per heavy atom. The summed E-state index contributed by atoms with van der Waals surface area (Å²) in [7, 11) is -20.0. The van der Waals surface area contributed by atoms with Crippen molar-refractivity contribution in [2.24, 2.45) is 0 Å². The van der Waals surface area contributed by atoms with E-state index in [0.717, 1.165) is 116 Å². The van der Waals surface area contributed by atoms with Gasteiger partial charge >= 0.3 is 64.3 Å². The topological polar surface area (TPSA) is 114 Å². The summed E-state index contributed by atoms with van der Waals surface area (Å²) >= 11 is 0. The van der Waals surface area contributed by atoms with Gasteiger partial charge < -0.3 is 42.5 Å². The third-order valence-corrected chi connectivity index (χ3v) is 37.8. The summed E-state index contributed by atoms with van der Waals surface area (Å²) in [4.78, 5) is 25.1. The number of hydrogen-bond acceptors (Lipinski definition) is 10. The van der Waals surface area contributed by atoms with Gasteiger partial charge in [0.2, 0.25) is 0 Å². The van der Waals surface area contributed by atoms with E-state index >= 15 is 0 Å². The lowest BCUT2D eigenvalue weighted by Crippen LogP contribution is -2.68. The largest absolute Gasteiger partial charge is 0.557 e. The van der Waals surface area contributed by atoms with E-state index in [1.54, 1.807) is 0 Å². The second-order valence-corrected chi connectivity index (χ2v) is 37.9. The molecule has 52 heavy (non-hydrogen) atoms. The van der Waals surface area contributed by atoms with E-state index in [9.17, 15) is 9.59 Å². The molecule has 2 atom stereocenters. The molecule has 6 aliphatic carbocycles. The first kappa shape index (κ1) is 41.2. The average Bonchev–Trinajstić information content (AvgIpc) is 3.98. The van der Waals surface area contributed by atoms with Gasteiger partial charge in [-0.15, -0.1) is 6.58 Å². The molecule has 18 heteroatoms. The Kier molecular flexibility index (Phi) is 14.9. The molecular weight excluding hydrogens is 793 g/mol. The predicted octanol–water partition coefficient (Wildman–Crippen LogP) is 8.53. The smallest absolute Gasteiger partial charge is 0.432 e. The zero-order valence-corrected chi connectivity index (χ0v) is 39.9. The molecule has 1 saturated heterocycles. The van der Waals surface area contributed by atoms with Gasteiger partial charge in [-0.25, -0.2) is 0 Å². The zero-order chi connectivity index (χ0) is 36.2. The van der Waals surface area contributed by atoms with Crippen molar-refractivity contribution in [3.8, 4) is 0 Å². The Morgan fingerprint density at radius 3 is 1.69 bits per heavy atom. The van der Waals surface area contributed by atoms with Gasteiger partial charge in [-0.1, -0.05) is 82.7 Å². The summed E-state index contributed by atoms with van der Waals surface area (Å²) in [5.74, 6) is 0. The predicted molar refractivity (Wildman–Crippen MR) is 214 cm³/mol. The van der Waals surface area contributed by atoms with Gasteiger partial charge in [0.1, 0.15) is 0 Å². The van der Waals surface area contributed by atoms with Crippen LogP contribution in [0.4, 0.5) is 0 Å². The lowest BCUT2D eigenvalue weighted by molar-refractivity contribution is 0.108. The monoisotopic (exact) mass is 857 g/mol. The third kappa shape index (κ3) is 10.2. The van der Waals surface area contributed by atoms with E-state index in [2.05, 4.69) is 19.7 Å². The van der Waals surface area contributed by atoms with E-state index in [1.165, 1.54) is 38.5 Å². The van der Waals surface area contributed by atoms with Crippen LogP contribution in [0.15, 0.2) is 12.3 Å². The van der Waals surface area contributed by atoms with Gasteiger partial charge in [0.15, 0.2) is 8.32 Å². The SMILES string of the molecule is C=C[Si](C)(C)O[Si](O[Si](O[Si](O)(O[Si]1(C2CCCC2)O[Si](O)O[Si](C2CCCC2)O[Si](C2CCCC2)O1)C1CCCC1)C1CCCC1)C1CCCC1. The van der Waals surface area contributed by atoms with Gasteiger partial charge in [0, 0.05) is 33.2 Å². The fourth-order valence-corrected chi connectivity index (χ4v) is 38.6. The third-order valence-electron chi connectivity index (χ3n) is 12.9. The van der Waals surface area contributed by atoms with E-state index in [4.69, 9.17) is 32.9 Å². The molecule has 2 unspecified atom stereocenters. The minimum absolute atomic E-state index is 0.0126. The van der Waals surface area contributed by atoms with Crippen LogP contribution in [0.3, 0.4) is 0 Å². The van der Waals surface area contributed by atoms with Crippen molar-refractivity contribution in [2.75, 3.05) is 0 Å². The van der Waals surface area contributed by atoms with Crippen LogP contribution >= 0.6 is 0 Å². The fourth-order valence-electron chi connectivity index (χ4n) is 9.68. The van der Waals surface area contributed by atoms with E-state index < -0.39 is 72.6 Å². The molecule has 0 bridgehead atoms. The highest BCUT2D eigenvalue weighted by molar-refractivity contribution is 6.86. The number of rotatable bonds is 15. The van der Waals surface area contributed by atoms with Crippen molar-refractivity contribution in [3.05, 3.63) is 12.3 Å². The van der Waals surface area contributed by atoms with Gasteiger partial charge in [-0.3, -0.25) is 0 Å². The van der Waals surface area contributed by atoms with Crippen molar-refractivity contribution >= 4 is 72.6 Å². The molecule has 1 aliphatic heterocycles. The molecule has 7 aliphatic rings. The molecular formula is C34H65O10Si8. The lowest BCUT2D eigenvalue weighted by Gasteiger charge is -2.46. The fraction of sp³-hybridized carbons (Fsp3) is 0.941. The first-order valence-electron chi connectivity index (χ1n) is 21.0. The Balaban J connectivity index is 1.22. The Bertz CT molecular complexity index is 1130. The standard InChI is InChI=1S/C34H65O10Si8/c1-4-50(2,3)40-46(30-19-7-8-20-30)38-47(31-21-9-10-22-31)41-51(36,33-25-13-14-26-33)44-52(34-27-15-16-28-34)42-48(32-23-11-12-24-32)37-45(39-49(35)43-52)29-17-5-6-18-29/h4,29-36H,1,5-28H2,2-3H3. The summed E-state index contributed by atoms with van der Waals surface area (Å²) in [5, 5.41) is 0. The van der Waals surface area contributed by atoms with Crippen LogP contribution in [0, 0.1) is 0 Å². The van der Waals surface area contributed by atoms with Crippen LogP contribution in [0.2, 0.25) is 46.3 Å². The molecule has 0 aromatic rings. The van der Waals surface area contributed by atoms with Crippen molar-refractivity contribution in [1.82, 2.24) is 0 Å². The summed E-state index contributed by atoms with van der Waals surface area (Å²) in [6.45, 7) is 8.55. The van der Waals surface area contributed by atoms with Crippen molar-refractivity contribution in [2.45, 2.75) is 200 Å². The van der Waals surface area contributed by atoms with Crippen LogP contribution in [-0.4, -0.2) is 82.2 Å². The molecule has 7 fully saturated rings. The lowest BCUT2D eigenvalue weighted by atomic mass is 10.4. The average molecular weight is 859 g/mol. The van der Waals surface area contributed by atoms with Crippen molar-refractivity contribution < 1.29 is 42.5 Å². The molecule has 5 radical (unpaired) electrons. The van der Waals surface area contributed by atoms with Crippen LogP contribution in [0.5, 0.6) is 0 Å². The molecule has 10 nitrogen and oxygen atoms in total. The van der Waals surface area contributed by atoms with Crippen LogP contribution in [0.25, 0.3) is 0 Å². The molecule has 0 amide bonds. The molecule has 293 valence electrons. The maximum Gasteiger partial charge on any atom is 0.557 e. The molecule has 1 heterocycles. The molecule has 0 aromatic heterocycles. The van der Waals surface area contributed by atoms with Gasteiger partial charge in [-0.05, 0) is 90.1 Å². The van der Waals surface area contributed by atoms with E-state index in [1.807, 2.05) is 5.70 Å². The van der Waals surface area contributed by atoms with E-state index in [0.29, 0.717) is 16.6 Å². The van der Waals surface area contributed by atoms with Crippen molar-refractivity contribution in [3.63, 3.8) is 0 Å². The quantitative estimate of drug-likeness (QED) is 0.156. The normalized spacial score (nSPS) is 31.1. The molecule has 6 saturated carbocycles. The molecule has 2 N–H and O–H groups in total. The molecule has 0 spiro atoms. The second-order valence-electron chi connectivity index (χ2n) is 17.3. The Hall–Kier alpha value is 1.08. The Morgan fingerprint density at radius 1 is 0.654 bits per heavy atom. The maximum atomic E-state index is 13.3. The molecule has 0 aromatic carbocycles. The maximum absolute atomic E-state index is 13.3. The van der Waals surface area contributed by atoms with Crippen LogP contribution in [-0.2, 0) is 32.9 Å². The van der Waals surface area contributed by atoms with Gasteiger partial charge in [0.05, 0.1) is 0 Å². The minimum Gasteiger partial charge on any atom is -0.432 e. The highest BCUT2D eigenvalue weighted by Crippen LogP contribution is 2.50. The van der Waals surface area contributed by atoms with Crippen LogP contribution < -0.4 is 0 Å². The second kappa shape index (κ2) is 18.8. The summed E-state index contributed by atoms with van der Waals surface area (Å²) in [6.07, 6.45) is 25.9. The van der Waals surface area contributed by atoms with Gasteiger partial charge in [-0.2, -0.15) is 0 Å². The van der Waals surface area contributed by atoms with Gasteiger partial charge in [0.25, 0.3) is 0 Å².